The fraction of sp³-hybridized carbons (Fsp3) is 0.263. The zero-order valence-corrected chi connectivity index (χ0v) is 15.4. The molecule has 2 aromatic carbocycles. The van der Waals surface area contributed by atoms with Crippen LogP contribution in [0.15, 0.2) is 42.5 Å². The van der Waals surface area contributed by atoms with Gasteiger partial charge in [-0.3, -0.25) is 9.59 Å². The first-order chi connectivity index (χ1) is 11.9. The molecule has 6 heteroatoms. The van der Waals surface area contributed by atoms with Gasteiger partial charge in [-0.15, -0.1) is 0 Å². The van der Waals surface area contributed by atoms with E-state index < -0.39 is 11.8 Å². The van der Waals surface area contributed by atoms with Gasteiger partial charge in [0.1, 0.15) is 0 Å². The Kier molecular flexibility index (Phi) is 6.42. The zero-order valence-electron chi connectivity index (χ0n) is 14.6. The smallest absolute Gasteiger partial charge is 0.313 e. The van der Waals surface area contributed by atoms with Crippen molar-refractivity contribution in [2.45, 2.75) is 13.3 Å². The van der Waals surface area contributed by atoms with Gasteiger partial charge in [0, 0.05) is 37.0 Å². The summed E-state index contributed by atoms with van der Waals surface area (Å²) < 4.78 is 0. The van der Waals surface area contributed by atoms with Gasteiger partial charge in [-0.25, -0.2) is 0 Å². The van der Waals surface area contributed by atoms with E-state index in [2.05, 4.69) is 10.6 Å². The van der Waals surface area contributed by atoms with Gasteiger partial charge in [-0.1, -0.05) is 29.8 Å². The van der Waals surface area contributed by atoms with Crippen LogP contribution in [0.1, 0.15) is 11.1 Å². The summed E-state index contributed by atoms with van der Waals surface area (Å²) in [6.07, 6.45) is 0.656. The molecule has 0 unspecified atom stereocenters. The summed E-state index contributed by atoms with van der Waals surface area (Å²) in [5, 5.41) is 5.75. The van der Waals surface area contributed by atoms with Crippen LogP contribution in [0.5, 0.6) is 0 Å². The van der Waals surface area contributed by atoms with Crippen LogP contribution in [0.2, 0.25) is 5.02 Å². The molecule has 0 atom stereocenters. The van der Waals surface area contributed by atoms with Gasteiger partial charge in [0.05, 0.1) is 0 Å². The number of amides is 2. The third-order valence-electron chi connectivity index (χ3n) is 3.87. The Morgan fingerprint density at radius 1 is 1.04 bits per heavy atom. The Morgan fingerprint density at radius 3 is 2.36 bits per heavy atom. The highest BCUT2D eigenvalue weighted by atomic mass is 35.5. The summed E-state index contributed by atoms with van der Waals surface area (Å²) in [4.78, 5) is 25.9. The Morgan fingerprint density at radius 2 is 1.72 bits per heavy atom. The number of carbonyl (C=O) groups excluding carboxylic acids is 2. The lowest BCUT2D eigenvalue weighted by Crippen LogP contribution is -2.36. The van der Waals surface area contributed by atoms with E-state index in [1.165, 1.54) is 0 Å². The van der Waals surface area contributed by atoms with Crippen molar-refractivity contribution in [2.24, 2.45) is 0 Å². The minimum Gasteiger partial charge on any atom is -0.378 e. The van der Waals surface area contributed by atoms with Crippen LogP contribution in [0.3, 0.4) is 0 Å². The molecule has 0 aliphatic carbocycles. The maximum Gasteiger partial charge on any atom is 0.313 e. The molecule has 0 bridgehead atoms. The SMILES string of the molecule is Cc1c(Cl)cccc1NC(=O)C(=O)NCCc1ccc(N(C)C)cc1. The van der Waals surface area contributed by atoms with Crippen molar-refractivity contribution in [1.29, 1.82) is 0 Å². The second-order valence-electron chi connectivity index (χ2n) is 5.93. The van der Waals surface area contributed by atoms with Crippen molar-refractivity contribution in [3.8, 4) is 0 Å². The Balaban J connectivity index is 1.83. The van der Waals surface area contributed by atoms with Crippen molar-refractivity contribution in [3.63, 3.8) is 0 Å². The lowest BCUT2D eigenvalue weighted by molar-refractivity contribution is -0.136. The predicted molar refractivity (Wildman–Crippen MR) is 102 cm³/mol. The van der Waals surface area contributed by atoms with E-state index in [1.54, 1.807) is 25.1 Å². The summed E-state index contributed by atoms with van der Waals surface area (Å²) in [5.74, 6) is -1.36. The van der Waals surface area contributed by atoms with Crippen LogP contribution in [0.25, 0.3) is 0 Å². The van der Waals surface area contributed by atoms with E-state index in [4.69, 9.17) is 11.6 Å². The highest BCUT2D eigenvalue weighted by molar-refractivity contribution is 6.40. The first kappa shape index (κ1) is 18.8. The number of carbonyl (C=O) groups is 2. The number of hydrogen-bond donors (Lipinski definition) is 2. The molecule has 0 spiro atoms. The van der Waals surface area contributed by atoms with E-state index >= 15 is 0 Å². The molecule has 2 aromatic rings. The van der Waals surface area contributed by atoms with Crippen LogP contribution < -0.4 is 15.5 Å². The van der Waals surface area contributed by atoms with Crippen molar-refractivity contribution in [3.05, 3.63) is 58.6 Å². The van der Waals surface area contributed by atoms with Crippen LogP contribution >= 0.6 is 11.6 Å². The minimum absolute atomic E-state index is 0.391. The number of halogens is 1. The van der Waals surface area contributed by atoms with Gasteiger partial charge in [-0.05, 0) is 48.7 Å². The summed E-state index contributed by atoms with van der Waals surface area (Å²) >= 11 is 6.00. The first-order valence-electron chi connectivity index (χ1n) is 7.99. The number of nitrogens with zero attached hydrogens (tertiary/aromatic N) is 1. The first-order valence-corrected chi connectivity index (χ1v) is 8.37. The van der Waals surface area contributed by atoms with Crippen LogP contribution in [0.4, 0.5) is 11.4 Å². The van der Waals surface area contributed by atoms with Crippen LogP contribution in [-0.4, -0.2) is 32.5 Å². The Hall–Kier alpha value is -2.53. The van der Waals surface area contributed by atoms with E-state index in [1.807, 2.05) is 43.3 Å². The molecule has 25 heavy (non-hydrogen) atoms. The lowest BCUT2D eigenvalue weighted by atomic mass is 10.1. The fourth-order valence-corrected chi connectivity index (χ4v) is 2.46. The normalized spacial score (nSPS) is 10.2. The molecule has 0 saturated heterocycles. The number of benzene rings is 2. The molecule has 132 valence electrons. The molecular weight excluding hydrogens is 338 g/mol. The summed E-state index contributed by atoms with van der Waals surface area (Å²) in [7, 11) is 3.96. The van der Waals surface area contributed by atoms with E-state index in [0.717, 1.165) is 16.8 Å². The quantitative estimate of drug-likeness (QED) is 0.807. The fourth-order valence-electron chi connectivity index (χ4n) is 2.28. The predicted octanol–water partition coefficient (Wildman–Crippen LogP) is 3.01. The van der Waals surface area contributed by atoms with Gasteiger partial charge >= 0.3 is 11.8 Å². The number of hydrogen-bond acceptors (Lipinski definition) is 3. The summed E-state index contributed by atoms with van der Waals surface area (Å²) in [6, 6.07) is 13.2. The Labute approximate surface area is 153 Å². The molecule has 2 amide bonds. The van der Waals surface area contributed by atoms with Gasteiger partial charge in [0.25, 0.3) is 0 Å². The van der Waals surface area contributed by atoms with Crippen LogP contribution in [-0.2, 0) is 16.0 Å². The Bertz CT molecular complexity index is 758. The lowest BCUT2D eigenvalue weighted by Gasteiger charge is -2.13. The van der Waals surface area contributed by atoms with Crippen LogP contribution in [0, 0.1) is 6.92 Å². The molecule has 0 saturated carbocycles. The number of anilines is 2. The van der Waals surface area contributed by atoms with E-state index in [0.29, 0.717) is 23.7 Å². The maximum absolute atomic E-state index is 12.0. The molecule has 0 fully saturated rings. The largest absolute Gasteiger partial charge is 0.378 e. The second-order valence-corrected chi connectivity index (χ2v) is 6.34. The molecule has 2 N–H and O–H groups in total. The number of rotatable bonds is 5. The zero-order chi connectivity index (χ0) is 18.4. The highest BCUT2D eigenvalue weighted by Crippen LogP contribution is 2.22. The molecular formula is C19H22ClN3O2. The van der Waals surface area contributed by atoms with Crippen molar-refractivity contribution in [1.82, 2.24) is 5.32 Å². The van der Waals surface area contributed by atoms with Crippen molar-refractivity contribution < 1.29 is 9.59 Å². The average molecular weight is 360 g/mol. The molecule has 2 rings (SSSR count). The van der Waals surface area contributed by atoms with E-state index in [9.17, 15) is 9.59 Å². The minimum atomic E-state index is -0.701. The molecule has 0 aliphatic heterocycles. The van der Waals surface area contributed by atoms with Gasteiger partial charge in [-0.2, -0.15) is 0 Å². The number of nitrogens with one attached hydrogen (secondary N) is 2. The van der Waals surface area contributed by atoms with Crippen molar-refractivity contribution >= 4 is 34.8 Å². The molecule has 0 radical (unpaired) electrons. The third kappa shape index (κ3) is 5.22. The topological polar surface area (TPSA) is 61.4 Å². The average Bonchev–Trinajstić information content (AvgIpc) is 2.59. The van der Waals surface area contributed by atoms with Gasteiger partial charge in [0.2, 0.25) is 0 Å². The van der Waals surface area contributed by atoms with Gasteiger partial charge in [0.15, 0.2) is 0 Å². The molecule has 0 aromatic heterocycles. The standard InChI is InChI=1S/C19H22ClN3O2/c1-13-16(20)5-4-6-17(13)22-19(25)18(24)21-12-11-14-7-9-15(10-8-14)23(2)3/h4-10H,11-12H2,1-3H3,(H,21,24)(H,22,25). The monoisotopic (exact) mass is 359 g/mol. The van der Waals surface area contributed by atoms with E-state index in [-0.39, 0.29) is 0 Å². The molecule has 5 nitrogen and oxygen atoms in total. The maximum atomic E-state index is 12.0. The molecule has 0 heterocycles. The highest BCUT2D eigenvalue weighted by Gasteiger charge is 2.14. The summed E-state index contributed by atoms with van der Waals surface area (Å²) in [5.41, 5.74) is 3.47. The second kappa shape index (κ2) is 8.53. The van der Waals surface area contributed by atoms with Crippen molar-refractivity contribution in [2.75, 3.05) is 30.9 Å². The van der Waals surface area contributed by atoms with Gasteiger partial charge < -0.3 is 15.5 Å². The summed E-state index contributed by atoms with van der Waals surface area (Å²) in [6.45, 7) is 2.18. The third-order valence-corrected chi connectivity index (χ3v) is 4.28. The molecule has 0 aliphatic rings.